The maximum Gasteiger partial charge on any atom is 0.323 e. The first kappa shape index (κ1) is 14.0. The zero-order valence-corrected chi connectivity index (χ0v) is 11.6. The fourth-order valence-corrected chi connectivity index (χ4v) is 3.61. The van der Waals surface area contributed by atoms with Crippen molar-refractivity contribution in [2.24, 2.45) is 11.3 Å². The number of carboxylic acids is 1. The Labute approximate surface area is 115 Å². The lowest BCUT2D eigenvalue weighted by Crippen LogP contribution is -2.47. The van der Waals surface area contributed by atoms with E-state index in [1.165, 1.54) is 18.4 Å². The van der Waals surface area contributed by atoms with Gasteiger partial charge in [0, 0.05) is 18.0 Å². The molecule has 1 aliphatic rings. The number of esters is 1. The van der Waals surface area contributed by atoms with Crippen LogP contribution < -0.4 is 0 Å². The molecule has 1 atom stereocenters. The minimum Gasteiger partial charge on any atom is -0.480 e. The number of thiazole rings is 1. The molecule has 1 unspecified atom stereocenters. The number of ether oxygens (including phenoxy) is 1. The largest absolute Gasteiger partial charge is 0.480 e. The molecule has 1 aromatic rings. The van der Waals surface area contributed by atoms with Gasteiger partial charge in [0.25, 0.3) is 0 Å². The second kappa shape index (κ2) is 5.69. The number of nitrogens with zero attached hydrogens (tertiary/aromatic N) is 1. The molecule has 19 heavy (non-hydrogen) atoms. The van der Waals surface area contributed by atoms with Gasteiger partial charge in [0.2, 0.25) is 0 Å². The van der Waals surface area contributed by atoms with Crippen molar-refractivity contribution in [2.75, 3.05) is 7.11 Å². The van der Waals surface area contributed by atoms with Crippen LogP contribution in [0.4, 0.5) is 0 Å². The molecular formula is C13H17NO4S. The number of methoxy groups -OCH3 is 1. The summed E-state index contributed by atoms with van der Waals surface area (Å²) in [5, 5.41) is 12.1. The number of carbonyl (C=O) groups is 2. The van der Waals surface area contributed by atoms with Gasteiger partial charge in [0.1, 0.15) is 0 Å². The van der Waals surface area contributed by atoms with Gasteiger partial charge < -0.3 is 9.84 Å². The van der Waals surface area contributed by atoms with Crippen LogP contribution >= 0.6 is 11.3 Å². The van der Waals surface area contributed by atoms with Gasteiger partial charge in [-0.3, -0.25) is 9.59 Å². The lowest BCUT2D eigenvalue weighted by molar-refractivity contribution is -0.171. The molecule has 0 spiro atoms. The number of aromatic nitrogens is 1. The maximum atomic E-state index is 12.2. The molecule has 5 nitrogen and oxygen atoms in total. The van der Waals surface area contributed by atoms with E-state index < -0.39 is 17.4 Å². The van der Waals surface area contributed by atoms with E-state index in [9.17, 15) is 14.7 Å². The number of carboxylic acid groups (broad SMARTS) is 1. The minimum atomic E-state index is -1.48. The van der Waals surface area contributed by atoms with Crippen LogP contribution in [0.25, 0.3) is 0 Å². The average molecular weight is 283 g/mol. The van der Waals surface area contributed by atoms with Crippen molar-refractivity contribution in [2.45, 2.75) is 32.1 Å². The number of hydrogen-bond donors (Lipinski definition) is 1. The molecule has 1 aliphatic carbocycles. The Hall–Kier alpha value is -1.43. The summed E-state index contributed by atoms with van der Waals surface area (Å²) < 4.78 is 4.80. The van der Waals surface area contributed by atoms with E-state index in [2.05, 4.69) is 4.98 Å². The monoisotopic (exact) mass is 283 g/mol. The summed E-state index contributed by atoms with van der Waals surface area (Å²) in [5.74, 6) is -1.91. The zero-order valence-electron chi connectivity index (χ0n) is 10.8. The first-order valence-electron chi connectivity index (χ1n) is 6.31. The highest BCUT2D eigenvalue weighted by molar-refractivity contribution is 7.09. The second-order valence-electron chi connectivity index (χ2n) is 4.85. The fourth-order valence-electron chi connectivity index (χ4n) is 2.90. The van der Waals surface area contributed by atoms with E-state index >= 15 is 0 Å². The van der Waals surface area contributed by atoms with E-state index in [0.717, 1.165) is 25.7 Å². The van der Waals surface area contributed by atoms with Gasteiger partial charge in [0.05, 0.1) is 12.1 Å². The molecule has 0 amide bonds. The van der Waals surface area contributed by atoms with Crippen LogP contribution in [0, 0.1) is 11.3 Å². The lowest BCUT2D eigenvalue weighted by Gasteiger charge is -2.31. The van der Waals surface area contributed by atoms with Crippen LogP contribution in [0.15, 0.2) is 11.6 Å². The van der Waals surface area contributed by atoms with Crippen LogP contribution in [0.5, 0.6) is 0 Å². The van der Waals surface area contributed by atoms with Crippen LogP contribution in [-0.4, -0.2) is 29.1 Å². The SMILES string of the molecule is COC(=O)C(Cc1nccs1)(C(=O)O)C1CCCC1. The number of rotatable bonds is 5. The van der Waals surface area contributed by atoms with Crippen molar-refractivity contribution < 1.29 is 19.4 Å². The Morgan fingerprint density at radius 2 is 2.21 bits per heavy atom. The van der Waals surface area contributed by atoms with Crippen LogP contribution in [-0.2, 0) is 20.7 Å². The summed E-state index contributed by atoms with van der Waals surface area (Å²) in [6, 6.07) is 0. The first-order chi connectivity index (χ1) is 9.11. The third-order valence-electron chi connectivity index (χ3n) is 3.90. The van der Waals surface area contributed by atoms with E-state index in [0.29, 0.717) is 5.01 Å². The average Bonchev–Trinajstić information content (AvgIpc) is 3.07. The highest BCUT2D eigenvalue weighted by Gasteiger charge is 2.54. The normalized spacial score (nSPS) is 19.0. The first-order valence-corrected chi connectivity index (χ1v) is 7.19. The fraction of sp³-hybridized carbons (Fsp3) is 0.615. The molecular weight excluding hydrogens is 266 g/mol. The second-order valence-corrected chi connectivity index (χ2v) is 5.83. The smallest absolute Gasteiger partial charge is 0.323 e. The van der Waals surface area contributed by atoms with E-state index in [4.69, 9.17) is 4.74 Å². The molecule has 0 saturated heterocycles. The summed E-state index contributed by atoms with van der Waals surface area (Å²) >= 11 is 1.37. The number of aliphatic carboxylic acids is 1. The van der Waals surface area contributed by atoms with Gasteiger partial charge in [-0.15, -0.1) is 11.3 Å². The van der Waals surface area contributed by atoms with Crippen molar-refractivity contribution in [1.29, 1.82) is 0 Å². The Morgan fingerprint density at radius 1 is 1.53 bits per heavy atom. The van der Waals surface area contributed by atoms with Crippen molar-refractivity contribution in [3.8, 4) is 0 Å². The van der Waals surface area contributed by atoms with Crippen LogP contribution in [0.1, 0.15) is 30.7 Å². The quantitative estimate of drug-likeness (QED) is 0.661. The van der Waals surface area contributed by atoms with Crippen molar-refractivity contribution in [3.05, 3.63) is 16.6 Å². The Morgan fingerprint density at radius 3 is 2.68 bits per heavy atom. The molecule has 1 saturated carbocycles. The lowest BCUT2D eigenvalue weighted by atomic mass is 9.72. The van der Waals surface area contributed by atoms with Crippen molar-refractivity contribution in [3.63, 3.8) is 0 Å². The molecule has 104 valence electrons. The molecule has 0 aliphatic heterocycles. The Bertz CT molecular complexity index is 453. The summed E-state index contributed by atoms with van der Waals surface area (Å²) in [6.45, 7) is 0. The highest BCUT2D eigenvalue weighted by Crippen LogP contribution is 2.43. The minimum absolute atomic E-state index is 0.122. The molecule has 0 aromatic carbocycles. The van der Waals surface area contributed by atoms with Crippen LogP contribution in [0.3, 0.4) is 0 Å². The van der Waals surface area contributed by atoms with Gasteiger partial charge in [-0.1, -0.05) is 12.8 Å². The van der Waals surface area contributed by atoms with Gasteiger partial charge in [-0.25, -0.2) is 4.98 Å². The summed E-state index contributed by atoms with van der Waals surface area (Å²) in [4.78, 5) is 28.1. The van der Waals surface area contributed by atoms with Gasteiger partial charge in [0.15, 0.2) is 5.41 Å². The number of carbonyl (C=O) groups excluding carboxylic acids is 1. The molecule has 6 heteroatoms. The van der Waals surface area contributed by atoms with Crippen molar-refractivity contribution in [1.82, 2.24) is 4.98 Å². The van der Waals surface area contributed by atoms with Crippen molar-refractivity contribution >= 4 is 23.3 Å². The maximum absolute atomic E-state index is 12.2. The topological polar surface area (TPSA) is 76.5 Å². The Balaban J connectivity index is 2.38. The third-order valence-corrected chi connectivity index (χ3v) is 4.68. The molecule has 1 heterocycles. The molecule has 0 bridgehead atoms. The molecule has 1 aromatic heterocycles. The van der Waals surface area contributed by atoms with Gasteiger partial charge in [-0.05, 0) is 18.8 Å². The number of hydrogen-bond acceptors (Lipinski definition) is 5. The predicted octanol–water partition coefficient (Wildman–Crippen LogP) is 2.12. The van der Waals surface area contributed by atoms with E-state index in [1.807, 2.05) is 0 Å². The molecule has 1 N–H and O–H groups in total. The van der Waals surface area contributed by atoms with E-state index in [-0.39, 0.29) is 12.3 Å². The summed E-state index contributed by atoms with van der Waals surface area (Å²) in [7, 11) is 1.25. The molecule has 1 fully saturated rings. The van der Waals surface area contributed by atoms with E-state index in [1.54, 1.807) is 11.6 Å². The highest BCUT2D eigenvalue weighted by atomic mass is 32.1. The standard InChI is InChI=1S/C13H17NO4S/c1-18-12(17)13(11(15)16,9-4-2-3-5-9)8-10-14-6-7-19-10/h6-7,9H,2-5,8H2,1H3,(H,15,16). The van der Waals surface area contributed by atoms with Gasteiger partial charge >= 0.3 is 11.9 Å². The predicted molar refractivity (Wildman–Crippen MR) is 69.9 cm³/mol. The molecule has 0 radical (unpaired) electrons. The Kier molecular flexibility index (Phi) is 4.19. The van der Waals surface area contributed by atoms with Crippen LogP contribution in [0.2, 0.25) is 0 Å². The molecule has 2 rings (SSSR count). The van der Waals surface area contributed by atoms with Gasteiger partial charge in [-0.2, -0.15) is 0 Å². The summed E-state index contributed by atoms with van der Waals surface area (Å²) in [5.41, 5.74) is -1.48. The third kappa shape index (κ3) is 2.49. The zero-order chi connectivity index (χ0) is 13.9. The summed E-state index contributed by atoms with van der Waals surface area (Å²) in [6.07, 6.45) is 5.19.